The number of rotatable bonds is 3. The van der Waals surface area contributed by atoms with Crippen LogP contribution in [0.15, 0.2) is 17.3 Å². The number of aromatic carboxylic acids is 1. The fourth-order valence-corrected chi connectivity index (χ4v) is 3.68. The average Bonchev–Trinajstić information content (AvgIpc) is 2.31. The predicted molar refractivity (Wildman–Crippen MR) is 68.4 cm³/mol. The first-order valence-corrected chi connectivity index (χ1v) is 7.00. The Labute approximate surface area is 110 Å². The summed E-state index contributed by atoms with van der Waals surface area (Å²) in [6, 6.07) is 1.20. The quantitative estimate of drug-likeness (QED) is 0.911. The molecular weight excluding hydrogens is 253 g/mol. The van der Waals surface area contributed by atoms with E-state index in [2.05, 4.69) is 11.9 Å². The van der Waals surface area contributed by atoms with Gasteiger partial charge >= 0.3 is 5.97 Å². The normalized spacial score (nSPS) is 23.9. The number of hydrogen-bond acceptors (Lipinski definition) is 3. The van der Waals surface area contributed by atoms with Gasteiger partial charge in [-0.1, -0.05) is 19.8 Å². The zero-order chi connectivity index (χ0) is 13.1. The highest BCUT2D eigenvalue weighted by Gasteiger charge is 2.23. The lowest BCUT2D eigenvalue weighted by Crippen LogP contribution is -2.15. The van der Waals surface area contributed by atoms with Crippen molar-refractivity contribution in [2.75, 3.05) is 0 Å². The van der Waals surface area contributed by atoms with Gasteiger partial charge in [-0.25, -0.2) is 14.2 Å². The Bertz CT molecular complexity index is 453. The van der Waals surface area contributed by atoms with Crippen molar-refractivity contribution >= 4 is 17.7 Å². The van der Waals surface area contributed by atoms with E-state index >= 15 is 0 Å². The second-order valence-corrected chi connectivity index (χ2v) is 6.08. The van der Waals surface area contributed by atoms with E-state index in [1.807, 2.05) is 0 Å². The zero-order valence-corrected chi connectivity index (χ0v) is 11.0. The summed E-state index contributed by atoms with van der Waals surface area (Å²) in [6.07, 6.45) is 5.83. The molecule has 0 aromatic carbocycles. The van der Waals surface area contributed by atoms with Crippen molar-refractivity contribution in [2.45, 2.75) is 42.9 Å². The number of hydrogen-bond donors (Lipinski definition) is 1. The fraction of sp³-hybridized carbons (Fsp3) is 0.538. The van der Waals surface area contributed by atoms with Gasteiger partial charge in [0.15, 0.2) is 5.82 Å². The molecule has 2 atom stereocenters. The number of thioether (sulfide) groups is 1. The molecule has 1 aromatic rings. The summed E-state index contributed by atoms with van der Waals surface area (Å²) >= 11 is 1.38. The Morgan fingerprint density at radius 3 is 3.00 bits per heavy atom. The van der Waals surface area contributed by atoms with Gasteiger partial charge < -0.3 is 5.11 Å². The number of carboxylic acid groups (broad SMARTS) is 1. The lowest BCUT2D eigenvalue weighted by Gasteiger charge is -2.25. The lowest BCUT2D eigenvalue weighted by atomic mass is 9.91. The van der Waals surface area contributed by atoms with E-state index in [1.165, 1.54) is 30.4 Å². The minimum Gasteiger partial charge on any atom is -0.478 e. The molecule has 0 bridgehead atoms. The standard InChI is InChI=1S/C13H16FNO2S/c1-8-3-2-4-9(7-8)18-12-11(14)10(13(16)17)5-6-15-12/h5-6,8-9H,2-4,7H2,1H3,(H,16,17). The molecule has 0 aliphatic heterocycles. The second kappa shape index (κ2) is 5.69. The van der Waals surface area contributed by atoms with Gasteiger partial charge in [0.25, 0.3) is 0 Å². The van der Waals surface area contributed by atoms with Gasteiger partial charge in [0.2, 0.25) is 0 Å². The molecule has 1 heterocycles. The van der Waals surface area contributed by atoms with E-state index in [9.17, 15) is 9.18 Å². The van der Waals surface area contributed by atoms with Crippen LogP contribution in [0.4, 0.5) is 4.39 Å². The molecule has 18 heavy (non-hydrogen) atoms. The summed E-state index contributed by atoms with van der Waals surface area (Å²) in [4.78, 5) is 14.8. The predicted octanol–water partition coefficient (Wildman–Crippen LogP) is 3.59. The molecule has 5 heteroatoms. The van der Waals surface area contributed by atoms with Crippen LogP contribution in [-0.4, -0.2) is 21.3 Å². The van der Waals surface area contributed by atoms with Crippen molar-refractivity contribution < 1.29 is 14.3 Å². The van der Waals surface area contributed by atoms with Crippen molar-refractivity contribution in [1.29, 1.82) is 0 Å². The molecule has 1 aromatic heterocycles. The fourth-order valence-electron chi connectivity index (χ4n) is 2.32. The van der Waals surface area contributed by atoms with E-state index < -0.39 is 11.8 Å². The Morgan fingerprint density at radius 1 is 1.56 bits per heavy atom. The van der Waals surface area contributed by atoms with Crippen LogP contribution in [0.3, 0.4) is 0 Å². The Morgan fingerprint density at radius 2 is 2.33 bits per heavy atom. The summed E-state index contributed by atoms with van der Waals surface area (Å²) in [5.74, 6) is -1.29. The number of halogens is 1. The first kappa shape index (κ1) is 13.3. The summed E-state index contributed by atoms with van der Waals surface area (Å²) in [7, 11) is 0. The minimum absolute atomic E-state index is 0.217. The maximum atomic E-state index is 13.9. The molecule has 1 aliphatic rings. The number of nitrogens with zero attached hydrogens (tertiary/aromatic N) is 1. The SMILES string of the molecule is CC1CCCC(Sc2nccc(C(=O)O)c2F)C1. The summed E-state index contributed by atoms with van der Waals surface area (Å²) < 4.78 is 13.9. The first-order chi connectivity index (χ1) is 8.58. The molecule has 0 spiro atoms. The Kier molecular flexibility index (Phi) is 4.22. The summed E-state index contributed by atoms with van der Waals surface area (Å²) in [5, 5.41) is 9.42. The number of pyridine rings is 1. The largest absolute Gasteiger partial charge is 0.478 e. The van der Waals surface area contributed by atoms with Crippen LogP contribution in [0, 0.1) is 11.7 Å². The third-order valence-electron chi connectivity index (χ3n) is 3.25. The van der Waals surface area contributed by atoms with Gasteiger partial charge in [0.1, 0.15) is 5.03 Å². The van der Waals surface area contributed by atoms with Crippen LogP contribution in [0.2, 0.25) is 0 Å². The molecule has 1 N–H and O–H groups in total. The highest BCUT2D eigenvalue weighted by molar-refractivity contribution is 7.99. The van der Waals surface area contributed by atoms with Gasteiger partial charge in [-0.2, -0.15) is 0 Å². The van der Waals surface area contributed by atoms with Crippen LogP contribution in [-0.2, 0) is 0 Å². The monoisotopic (exact) mass is 269 g/mol. The molecular formula is C13H16FNO2S. The van der Waals surface area contributed by atoms with Gasteiger partial charge in [-0.15, -0.1) is 11.8 Å². The van der Waals surface area contributed by atoms with Gasteiger partial charge in [-0.3, -0.25) is 0 Å². The van der Waals surface area contributed by atoms with Crippen LogP contribution in [0.1, 0.15) is 43.0 Å². The third-order valence-corrected chi connectivity index (χ3v) is 4.52. The molecule has 98 valence electrons. The Balaban J connectivity index is 2.14. The van der Waals surface area contributed by atoms with E-state index in [4.69, 9.17) is 5.11 Å². The third kappa shape index (κ3) is 3.02. The van der Waals surface area contributed by atoms with Crippen LogP contribution < -0.4 is 0 Å². The molecule has 3 nitrogen and oxygen atoms in total. The molecule has 1 fully saturated rings. The zero-order valence-electron chi connectivity index (χ0n) is 10.2. The average molecular weight is 269 g/mol. The molecule has 0 radical (unpaired) electrons. The molecule has 2 unspecified atom stereocenters. The van der Waals surface area contributed by atoms with Crippen molar-refractivity contribution in [3.8, 4) is 0 Å². The first-order valence-electron chi connectivity index (χ1n) is 6.12. The van der Waals surface area contributed by atoms with Crippen LogP contribution in [0.5, 0.6) is 0 Å². The number of carbonyl (C=O) groups is 1. The van der Waals surface area contributed by atoms with E-state index in [0.717, 1.165) is 19.3 Å². The van der Waals surface area contributed by atoms with E-state index in [-0.39, 0.29) is 10.6 Å². The summed E-state index contributed by atoms with van der Waals surface area (Å²) in [5.41, 5.74) is -0.295. The highest BCUT2D eigenvalue weighted by atomic mass is 32.2. The smallest absolute Gasteiger partial charge is 0.338 e. The number of aromatic nitrogens is 1. The van der Waals surface area contributed by atoms with E-state index in [0.29, 0.717) is 11.2 Å². The topological polar surface area (TPSA) is 50.2 Å². The van der Waals surface area contributed by atoms with Crippen molar-refractivity contribution in [1.82, 2.24) is 4.98 Å². The highest BCUT2D eigenvalue weighted by Crippen LogP contribution is 2.36. The molecule has 1 saturated carbocycles. The minimum atomic E-state index is -1.24. The maximum Gasteiger partial charge on any atom is 0.338 e. The van der Waals surface area contributed by atoms with Gasteiger partial charge in [-0.05, 0) is 24.8 Å². The van der Waals surface area contributed by atoms with E-state index in [1.54, 1.807) is 0 Å². The van der Waals surface area contributed by atoms with Crippen LogP contribution in [0.25, 0.3) is 0 Å². The van der Waals surface area contributed by atoms with Crippen molar-refractivity contribution in [3.63, 3.8) is 0 Å². The molecule has 2 rings (SSSR count). The maximum absolute atomic E-state index is 13.9. The van der Waals surface area contributed by atoms with Crippen molar-refractivity contribution in [2.24, 2.45) is 5.92 Å². The molecule has 1 aliphatic carbocycles. The number of carboxylic acids is 1. The molecule has 0 saturated heterocycles. The summed E-state index contributed by atoms with van der Waals surface area (Å²) in [6.45, 7) is 2.20. The van der Waals surface area contributed by atoms with Gasteiger partial charge in [0.05, 0.1) is 5.56 Å². The molecule has 0 amide bonds. The van der Waals surface area contributed by atoms with Crippen molar-refractivity contribution in [3.05, 3.63) is 23.6 Å². The lowest BCUT2D eigenvalue weighted by molar-refractivity contribution is 0.0691. The van der Waals surface area contributed by atoms with Gasteiger partial charge in [0, 0.05) is 11.4 Å². The Hall–Kier alpha value is -1.10. The second-order valence-electron chi connectivity index (χ2n) is 4.79. The van der Waals surface area contributed by atoms with Crippen LogP contribution >= 0.6 is 11.8 Å².